The van der Waals surface area contributed by atoms with Gasteiger partial charge in [-0.2, -0.15) is 0 Å². The molecule has 3 amide bonds. The average molecular weight is 457 g/mol. The molecule has 2 rings (SSSR count). The largest absolute Gasteiger partial charge is 0.480 e. The van der Waals surface area contributed by atoms with Gasteiger partial charge in [0.05, 0.1) is 5.57 Å². The monoisotopic (exact) mass is 457 g/mol. The molecule has 0 aromatic carbocycles. The van der Waals surface area contributed by atoms with Crippen LogP contribution in [-0.4, -0.2) is 62.2 Å². The molecule has 0 radical (unpaired) electrons. The predicted molar refractivity (Wildman–Crippen MR) is 112 cm³/mol. The van der Waals surface area contributed by atoms with Gasteiger partial charge in [0.2, 0.25) is 0 Å². The van der Waals surface area contributed by atoms with E-state index >= 15 is 0 Å². The van der Waals surface area contributed by atoms with E-state index in [1.165, 1.54) is 38.3 Å². The number of aldehydes is 1. The van der Waals surface area contributed by atoms with Gasteiger partial charge in [0.15, 0.2) is 6.29 Å². The van der Waals surface area contributed by atoms with Crippen molar-refractivity contribution in [1.29, 1.82) is 0 Å². The fourth-order valence-electron chi connectivity index (χ4n) is 3.20. The molecule has 172 valence electrons. The number of nitrogens with two attached hydrogens (primary N) is 1. The van der Waals surface area contributed by atoms with Crippen LogP contribution in [-0.2, 0) is 30.5 Å². The second-order valence-electron chi connectivity index (χ2n) is 6.96. The molecule has 1 aliphatic rings. The Labute approximate surface area is 185 Å². The molecule has 1 aromatic rings. The zero-order valence-corrected chi connectivity index (χ0v) is 17.5. The van der Waals surface area contributed by atoms with E-state index in [1.54, 1.807) is 0 Å². The quantitative estimate of drug-likeness (QED) is 0.195. The number of allylic oxidation sites excluding steroid dienone is 2. The van der Waals surface area contributed by atoms with E-state index in [1.807, 2.05) is 0 Å². The number of carboxylic acid groups (broad SMARTS) is 2. The third kappa shape index (κ3) is 5.01. The lowest BCUT2D eigenvalue weighted by Gasteiger charge is -2.26. The number of carbonyl (C=O) groups is 6. The summed E-state index contributed by atoms with van der Waals surface area (Å²) in [7, 11) is 0. The number of hydrogen-bond acceptors (Lipinski definition) is 7. The number of aliphatic carboxylic acids is 2. The molecule has 12 nitrogen and oxygen atoms in total. The topological polar surface area (TPSA) is 194 Å². The number of pyridine rings is 1. The summed E-state index contributed by atoms with van der Waals surface area (Å²) in [4.78, 5) is 82.7. The zero-order chi connectivity index (χ0) is 25.0. The Morgan fingerprint density at radius 1 is 1.03 bits per heavy atom. The molecule has 0 spiro atoms. The molecule has 0 aliphatic carbocycles. The van der Waals surface area contributed by atoms with Crippen molar-refractivity contribution in [2.75, 3.05) is 6.54 Å². The van der Waals surface area contributed by atoms with Crippen LogP contribution in [0.1, 0.15) is 28.4 Å². The van der Waals surface area contributed by atoms with Crippen molar-refractivity contribution in [3.63, 3.8) is 0 Å². The average Bonchev–Trinajstić information content (AvgIpc) is 2.70. The first-order chi connectivity index (χ1) is 15.4. The van der Waals surface area contributed by atoms with Gasteiger partial charge in [-0.25, -0.2) is 0 Å². The van der Waals surface area contributed by atoms with E-state index in [9.17, 15) is 33.6 Å². The van der Waals surface area contributed by atoms with Gasteiger partial charge in [-0.3, -0.25) is 38.5 Å². The molecule has 1 aliphatic heterocycles. The smallest absolute Gasteiger partial charge is 0.323 e. The molecule has 33 heavy (non-hydrogen) atoms. The minimum Gasteiger partial charge on any atom is -0.480 e. The highest BCUT2D eigenvalue weighted by Gasteiger charge is 2.35. The normalized spacial score (nSPS) is 15.5. The Balaban J connectivity index is 2.60. The van der Waals surface area contributed by atoms with Gasteiger partial charge in [0.25, 0.3) is 23.3 Å². The Morgan fingerprint density at radius 2 is 1.64 bits per heavy atom. The maximum atomic E-state index is 12.6. The maximum absolute atomic E-state index is 12.6. The van der Waals surface area contributed by atoms with Gasteiger partial charge in [-0.1, -0.05) is 12.2 Å². The minimum absolute atomic E-state index is 0.0386. The summed E-state index contributed by atoms with van der Waals surface area (Å²) in [5.74, 6) is -5.79. The van der Waals surface area contributed by atoms with Crippen LogP contribution in [0.2, 0.25) is 0 Å². The van der Waals surface area contributed by atoms with Crippen LogP contribution in [0.5, 0.6) is 0 Å². The summed E-state index contributed by atoms with van der Waals surface area (Å²) in [6.45, 7) is 1.11. The first kappa shape index (κ1) is 24.7. The van der Waals surface area contributed by atoms with E-state index < -0.39 is 53.9 Å². The molecule has 0 fully saturated rings. The van der Waals surface area contributed by atoms with Crippen LogP contribution in [0, 0.1) is 6.92 Å². The fourth-order valence-corrected chi connectivity index (χ4v) is 3.20. The van der Waals surface area contributed by atoms with Gasteiger partial charge in [0.1, 0.15) is 18.7 Å². The third-order valence-electron chi connectivity index (χ3n) is 4.84. The van der Waals surface area contributed by atoms with Crippen LogP contribution in [0.25, 0.3) is 6.08 Å². The SMILES string of the molecule is CC1=C(C=O)C(=O)N(CC(=O)O)C(=O)/C1=C\C=C\c1cn(CC(=O)O)c(=O)c(C(N)=O)c1C. The van der Waals surface area contributed by atoms with Crippen molar-refractivity contribution in [3.05, 3.63) is 62.1 Å². The molecular formula is C21H19N3O9. The van der Waals surface area contributed by atoms with Crippen LogP contribution in [0.4, 0.5) is 0 Å². The summed E-state index contributed by atoms with van der Waals surface area (Å²) >= 11 is 0. The first-order valence-electron chi connectivity index (χ1n) is 9.29. The number of amides is 3. The molecule has 0 unspecified atom stereocenters. The van der Waals surface area contributed by atoms with Crippen LogP contribution < -0.4 is 11.3 Å². The van der Waals surface area contributed by atoms with Crippen molar-refractivity contribution in [1.82, 2.24) is 9.47 Å². The number of primary amides is 1. The molecule has 4 N–H and O–H groups in total. The highest BCUT2D eigenvalue weighted by molar-refractivity contribution is 6.24. The second kappa shape index (κ2) is 9.68. The Hall–Kier alpha value is -4.61. The van der Waals surface area contributed by atoms with Crippen LogP contribution in [0.15, 0.2) is 39.9 Å². The van der Waals surface area contributed by atoms with Gasteiger partial charge in [0, 0.05) is 11.8 Å². The van der Waals surface area contributed by atoms with E-state index in [-0.39, 0.29) is 34.1 Å². The summed E-state index contributed by atoms with van der Waals surface area (Å²) in [5, 5.41) is 18.0. The third-order valence-corrected chi connectivity index (χ3v) is 4.84. The van der Waals surface area contributed by atoms with Crippen molar-refractivity contribution in [2.45, 2.75) is 20.4 Å². The van der Waals surface area contributed by atoms with Gasteiger partial charge in [-0.15, -0.1) is 0 Å². The lowest BCUT2D eigenvalue weighted by Crippen LogP contribution is -2.45. The van der Waals surface area contributed by atoms with Crippen molar-refractivity contribution in [2.24, 2.45) is 5.73 Å². The van der Waals surface area contributed by atoms with Gasteiger partial charge >= 0.3 is 11.9 Å². The van der Waals surface area contributed by atoms with E-state index in [4.69, 9.17) is 15.9 Å². The lowest BCUT2D eigenvalue weighted by atomic mass is 9.95. The van der Waals surface area contributed by atoms with Gasteiger partial charge < -0.3 is 20.5 Å². The summed E-state index contributed by atoms with van der Waals surface area (Å²) in [6.07, 6.45) is 5.29. The number of hydrogen-bond donors (Lipinski definition) is 3. The number of aromatic nitrogens is 1. The molecular weight excluding hydrogens is 438 g/mol. The Morgan fingerprint density at radius 3 is 2.15 bits per heavy atom. The molecule has 1 aromatic heterocycles. The van der Waals surface area contributed by atoms with Crippen molar-refractivity contribution in [3.8, 4) is 0 Å². The predicted octanol–water partition coefficient (Wildman–Crippen LogP) is -0.751. The van der Waals surface area contributed by atoms with Gasteiger partial charge in [-0.05, 0) is 36.6 Å². The number of nitrogens with zero attached hydrogens (tertiary/aromatic N) is 2. The fraction of sp³-hybridized carbons (Fsp3) is 0.190. The number of carboxylic acids is 2. The molecule has 2 heterocycles. The van der Waals surface area contributed by atoms with E-state index in [2.05, 4.69) is 0 Å². The maximum Gasteiger partial charge on any atom is 0.323 e. The van der Waals surface area contributed by atoms with Crippen molar-refractivity contribution < 1.29 is 39.0 Å². The highest BCUT2D eigenvalue weighted by Crippen LogP contribution is 2.24. The molecule has 0 saturated carbocycles. The molecule has 0 bridgehead atoms. The summed E-state index contributed by atoms with van der Waals surface area (Å²) in [5.41, 5.74) is 3.92. The summed E-state index contributed by atoms with van der Waals surface area (Å²) in [6, 6.07) is 0. The minimum atomic E-state index is -1.45. The molecule has 12 heteroatoms. The van der Waals surface area contributed by atoms with Crippen LogP contribution >= 0.6 is 0 Å². The lowest BCUT2D eigenvalue weighted by molar-refractivity contribution is -0.150. The highest BCUT2D eigenvalue weighted by atomic mass is 16.4. The van der Waals surface area contributed by atoms with Crippen LogP contribution in [0.3, 0.4) is 0 Å². The molecule has 0 saturated heterocycles. The van der Waals surface area contributed by atoms with Crippen molar-refractivity contribution >= 4 is 42.0 Å². The van der Waals surface area contributed by atoms with E-state index in [0.717, 1.165) is 4.57 Å². The Bertz CT molecular complexity index is 1250. The Kier molecular flexibility index (Phi) is 7.23. The standard InChI is InChI=1S/C21H19N3O9/c1-10-12(6-23(7-15(26)27)21(33)17(10)18(22)30)4-3-5-13-11(2)14(9-25)20(32)24(19(13)31)8-16(28)29/h3-6,9H,7-8H2,1-2H3,(H2,22,30)(H,26,27)(H,28,29)/b4-3+,13-5-. The second-order valence-corrected chi connectivity index (χ2v) is 6.96. The van der Waals surface area contributed by atoms with E-state index in [0.29, 0.717) is 4.90 Å². The number of imide groups is 1. The first-order valence-corrected chi connectivity index (χ1v) is 9.29. The molecule has 0 atom stereocenters. The number of rotatable bonds is 8. The zero-order valence-electron chi connectivity index (χ0n) is 17.5. The number of carbonyl (C=O) groups excluding carboxylic acids is 4. The summed E-state index contributed by atoms with van der Waals surface area (Å²) < 4.78 is 0.789.